The summed E-state index contributed by atoms with van der Waals surface area (Å²) in [7, 11) is 3.40. The van der Waals surface area contributed by atoms with Crippen LogP contribution >= 0.6 is 11.3 Å². The van der Waals surface area contributed by atoms with Crippen molar-refractivity contribution in [2.75, 3.05) is 56.9 Å². The number of nitrogens with zero attached hydrogens (tertiary/aromatic N) is 5. The van der Waals surface area contributed by atoms with Crippen molar-refractivity contribution >= 4 is 44.6 Å². The molecule has 0 spiro atoms. The molecule has 2 amide bonds. The number of fused-ring (bicyclic) bond motifs is 1. The monoisotopic (exact) mass is 541 g/mol. The zero-order valence-corrected chi connectivity index (χ0v) is 23.4. The first-order valence-electron chi connectivity index (χ1n) is 12.8. The Kier molecular flexibility index (Phi) is 8.62. The Balaban J connectivity index is 1.55. The van der Waals surface area contributed by atoms with Gasteiger partial charge in [-0.3, -0.25) is 9.69 Å². The van der Waals surface area contributed by atoms with E-state index in [1.165, 1.54) is 11.3 Å². The predicted molar refractivity (Wildman–Crippen MR) is 149 cm³/mol. The predicted octanol–water partition coefficient (Wildman–Crippen LogP) is 3.64. The maximum Gasteiger partial charge on any atom is 0.324 e. The van der Waals surface area contributed by atoms with Crippen molar-refractivity contribution in [3.8, 4) is 16.9 Å². The van der Waals surface area contributed by atoms with Crippen LogP contribution in [0.4, 0.5) is 15.9 Å². The molecule has 2 aromatic heterocycles. The number of anilines is 2. The molecule has 1 aliphatic heterocycles. The zero-order chi connectivity index (χ0) is 27.3. The summed E-state index contributed by atoms with van der Waals surface area (Å²) in [6.45, 7) is 8.29. The van der Waals surface area contributed by atoms with E-state index in [9.17, 15) is 9.59 Å². The van der Waals surface area contributed by atoms with Gasteiger partial charge in [-0.2, -0.15) is 0 Å². The maximum absolute atomic E-state index is 12.6. The molecule has 12 heteroatoms. The fourth-order valence-corrected chi connectivity index (χ4v) is 5.43. The molecule has 1 fully saturated rings. The van der Waals surface area contributed by atoms with Crippen LogP contribution in [0, 0.1) is 5.41 Å². The number of rotatable bonds is 9. The number of carbonyl (C=O) groups excluding carboxylic acids is 2. The molecule has 11 nitrogen and oxygen atoms in total. The smallest absolute Gasteiger partial charge is 0.324 e. The van der Waals surface area contributed by atoms with E-state index in [1.807, 2.05) is 32.9 Å². The number of piperidine rings is 1. The molecule has 0 aliphatic carbocycles. The molecule has 1 aromatic carbocycles. The van der Waals surface area contributed by atoms with Crippen molar-refractivity contribution in [2.45, 2.75) is 33.6 Å². The summed E-state index contributed by atoms with van der Waals surface area (Å²) in [5, 5.41) is 6.42. The molecular weight excluding hydrogens is 506 g/mol. The van der Waals surface area contributed by atoms with E-state index < -0.39 is 5.41 Å². The number of benzene rings is 1. The molecule has 0 saturated carbocycles. The number of hydrogen-bond acceptors (Lipinski definition) is 10. The Morgan fingerprint density at radius 3 is 2.47 bits per heavy atom. The highest BCUT2D eigenvalue weighted by Crippen LogP contribution is 2.39. The molecular formula is C26H35N7O4S. The number of amides is 2. The summed E-state index contributed by atoms with van der Waals surface area (Å²) >= 11 is 1.40. The van der Waals surface area contributed by atoms with Crippen molar-refractivity contribution in [2.24, 2.45) is 5.41 Å². The average molecular weight is 542 g/mol. The molecule has 2 N–H and O–H groups in total. The van der Waals surface area contributed by atoms with E-state index in [-0.39, 0.29) is 12.0 Å². The van der Waals surface area contributed by atoms with E-state index >= 15 is 0 Å². The average Bonchev–Trinajstić information content (AvgIpc) is 3.36. The zero-order valence-electron chi connectivity index (χ0n) is 22.5. The third-order valence-electron chi connectivity index (χ3n) is 6.67. The minimum absolute atomic E-state index is 0.134. The van der Waals surface area contributed by atoms with Gasteiger partial charge in [-0.15, -0.1) is 0 Å². The van der Waals surface area contributed by atoms with Crippen LogP contribution in [0.1, 0.15) is 33.6 Å². The fraction of sp³-hybridized carbons (Fsp3) is 0.500. The van der Waals surface area contributed by atoms with Gasteiger partial charge in [0.15, 0.2) is 5.13 Å². The van der Waals surface area contributed by atoms with Crippen molar-refractivity contribution in [1.82, 2.24) is 25.6 Å². The number of urea groups is 1. The van der Waals surface area contributed by atoms with Gasteiger partial charge in [0.1, 0.15) is 5.75 Å². The van der Waals surface area contributed by atoms with Gasteiger partial charge in [0.05, 0.1) is 36.0 Å². The number of carbonyl (C=O) groups is 2. The number of aromatic nitrogens is 3. The largest absolute Gasteiger partial charge is 0.495 e. The lowest BCUT2D eigenvalue weighted by Gasteiger charge is -2.37. The summed E-state index contributed by atoms with van der Waals surface area (Å²) in [5.41, 5.74) is 1.95. The topological polar surface area (TPSA) is 122 Å². The van der Waals surface area contributed by atoms with Crippen molar-refractivity contribution in [3.63, 3.8) is 0 Å². The van der Waals surface area contributed by atoms with Crippen molar-refractivity contribution in [3.05, 3.63) is 24.5 Å². The molecule has 0 atom stereocenters. The number of ether oxygens (including phenoxy) is 2. The van der Waals surface area contributed by atoms with Gasteiger partial charge in [-0.05, 0) is 58.4 Å². The molecule has 3 heterocycles. The van der Waals surface area contributed by atoms with E-state index in [0.29, 0.717) is 62.6 Å². The third-order valence-corrected chi connectivity index (χ3v) is 7.78. The standard InChI is InChI=1S/C26H35N7O4S/c1-6-28-24(35)33(16-27-4)25-31-19-12-17(13-20(36-5)21(19)38-25)18-14-29-23(30-15-18)32-10-8-26(3,9-11-32)22(34)37-7-2/h12-15,27H,6-11,16H2,1-5H3,(H,28,35). The lowest BCUT2D eigenvalue weighted by Crippen LogP contribution is -2.44. The van der Waals surface area contributed by atoms with E-state index in [4.69, 9.17) is 14.5 Å². The van der Waals surface area contributed by atoms with Crippen LogP contribution in [0.3, 0.4) is 0 Å². The summed E-state index contributed by atoms with van der Waals surface area (Å²) in [5.74, 6) is 1.17. The van der Waals surface area contributed by atoms with Gasteiger partial charge in [0, 0.05) is 37.6 Å². The molecule has 1 aliphatic rings. The maximum atomic E-state index is 12.6. The molecule has 1 saturated heterocycles. The Labute approximate surface area is 226 Å². The summed E-state index contributed by atoms with van der Waals surface area (Å²) in [6, 6.07) is 3.67. The van der Waals surface area contributed by atoms with Crippen LogP contribution in [0.2, 0.25) is 0 Å². The first kappa shape index (κ1) is 27.5. The number of methoxy groups -OCH3 is 1. The van der Waals surface area contributed by atoms with Gasteiger partial charge in [0.2, 0.25) is 5.95 Å². The second kappa shape index (κ2) is 11.9. The SMILES string of the molecule is CCNC(=O)N(CNC)c1nc2cc(-c3cnc(N4CCC(C)(C(=O)OCC)CC4)nc3)cc(OC)c2s1. The second-order valence-electron chi connectivity index (χ2n) is 9.34. The lowest BCUT2D eigenvalue weighted by molar-refractivity contribution is -0.155. The highest BCUT2D eigenvalue weighted by atomic mass is 32.1. The summed E-state index contributed by atoms with van der Waals surface area (Å²) in [4.78, 5) is 42.5. The van der Waals surface area contributed by atoms with Crippen LogP contribution in [0.15, 0.2) is 24.5 Å². The minimum atomic E-state index is -0.467. The van der Waals surface area contributed by atoms with Gasteiger partial charge in [-0.1, -0.05) is 11.3 Å². The Morgan fingerprint density at radius 1 is 1.16 bits per heavy atom. The van der Waals surface area contributed by atoms with E-state index in [0.717, 1.165) is 21.3 Å². The number of esters is 1. The summed E-state index contributed by atoms with van der Waals surface area (Å²) < 4.78 is 11.8. The van der Waals surface area contributed by atoms with Gasteiger partial charge < -0.3 is 25.0 Å². The molecule has 3 aromatic rings. The Hall–Kier alpha value is -3.51. The van der Waals surface area contributed by atoms with Crippen LogP contribution in [0.25, 0.3) is 21.3 Å². The van der Waals surface area contributed by atoms with Crippen LogP contribution in [0.5, 0.6) is 5.75 Å². The number of nitrogens with one attached hydrogen (secondary N) is 2. The van der Waals surface area contributed by atoms with E-state index in [2.05, 4.69) is 25.5 Å². The van der Waals surface area contributed by atoms with Crippen LogP contribution in [-0.2, 0) is 9.53 Å². The minimum Gasteiger partial charge on any atom is -0.495 e. The Bertz CT molecular complexity index is 1270. The second-order valence-corrected chi connectivity index (χ2v) is 10.3. The molecule has 0 unspecified atom stereocenters. The van der Waals surface area contributed by atoms with Crippen LogP contribution < -0.4 is 25.2 Å². The quantitative estimate of drug-likeness (QED) is 0.309. The summed E-state index contributed by atoms with van der Waals surface area (Å²) in [6.07, 6.45) is 4.96. The first-order valence-corrected chi connectivity index (χ1v) is 13.6. The third kappa shape index (κ3) is 5.65. The number of thiazole rings is 1. The molecule has 38 heavy (non-hydrogen) atoms. The van der Waals surface area contributed by atoms with Gasteiger partial charge in [0.25, 0.3) is 0 Å². The lowest BCUT2D eigenvalue weighted by atomic mass is 9.80. The van der Waals surface area contributed by atoms with E-state index in [1.54, 1.807) is 31.5 Å². The molecule has 204 valence electrons. The molecule has 4 rings (SSSR count). The van der Waals surface area contributed by atoms with Gasteiger partial charge >= 0.3 is 12.0 Å². The van der Waals surface area contributed by atoms with Crippen molar-refractivity contribution in [1.29, 1.82) is 0 Å². The highest BCUT2D eigenvalue weighted by Gasteiger charge is 2.38. The van der Waals surface area contributed by atoms with Crippen LogP contribution in [-0.4, -0.2) is 74.0 Å². The molecule has 0 radical (unpaired) electrons. The van der Waals surface area contributed by atoms with Crippen molar-refractivity contribution < 1.29 is 19.1 Å². The highest BCUT2D eigenvalue weighted by molar-refractivity contribution is 7.22. The fourth-order valence-electron chi connectivity index (χ4n) is 4.40. The van der Waals surface area contributed by atoms with Gasteiger partial charge in [-0.25, -0.2) is 19.7 Å². The normalized spacial score (nSPS) is 14.8. The molecule has 0 bridgehead atoms. The Morgan fingerprint density at radius 2 is 1.87 bits per heavy atom. The number of hydrogen-bond donors (Lipinski definition) is 2. The first-order chi connectivity index (χ1) is 18.3.